The van der Waals surface area contributed by atoms with Gasteiger partial charge in [0.05, 0.1) is 12.6 Å². The lowest BCUT2D eigenvalue weighted by Crippen LogP contribution is -2.30. The van der Waals surface area contributed by atoms with E-state index in [0.717, 1.165) is 32.5 Å². The average molecular weight is 209 g/mol. The number of aliphatic hydroxyl groups is 1. The van der Waals surface area contributed by atoms with Crippen molar-refractivity contribution in [3.63, 3.8) is 0 Å². The van der Waals surface area contributed by atoms with E-state index in [1.807, 2.05) is 16.9 Å². The lowest BCUT2D eigenvalue weighted by molar-refractivity contribution is 0.131. The third kappa shape index (κ3) is 3.04. The molecule has 4 heteroatoms. The molecule has 1 fully saturated rings. The average Bonchev–Trinajstić information content (AvgIpc) is 2.85. The van der Waals surface area contributed by atoms with E-state index < -0.39 is 0 Å². The Labute approximate surface area is 90.3 Å². The summed E-state index contributed by atoms with van der Waals surface area (Å²) >= 11 is 0. The van der Waals surface area contributed by atoms with Crippen LogP contribution < -0.4 is 5.32 Å². The highest BCUT2D eigenvalue weighted by molar-refractivity contribution is 4.79. The first kappa shape index (κ1) is 10.6. The molecule has 1 saturated carbocycles. The van der Waals surface area contributed by atoms with Crippen molar-refractivity contribution in [2.45, 2.75) is 31.9 Å². The van der Waals surface area contributed by atoms with E-state index in [2.05, 4.69) is 10.4 Å². The minimum atomic E-state index is -0.0813. The van der Waals surface area contributed by atoms with E-state index in [-0.39, 0.29) is 6.10 Å². The normalized spacial score (nSPS) is 25.9. The number of hydrogen-bond acceptors (Lipinski definition) is 3. The summed E-state index contributed by atoms with van der Waals surface area (Å²) in [6.45, 7) is 2.75. The van der Waals surface area contributed by atoms with E-state index in [1.54, 1.807) is 6.20 Å². The van der Waals surface area contributed by atoms with Crippen LogP contribution in [-0.4, -0.2) is 34.1 Å². The van der Waals surface area contributed by atoms with Gasteiger partial charge in [-0.3, -0.25) is 4.68 Å². The van der Waals surface area contributed by atoms with Gasteiger partial charge in [0.25, 0.3) is 0 Å². The molecule has 0 amide bonds. The van der Waals surface area contributed by atoms with Gasteiger partial charge in [-0.1, -0.05) is 6.42 Å². The number of hydrogen-bond donors (Lipinski definition) is 2. The third-order valence-electron chi connectivity index (χ3n) is 3.10. The Morgan fingerprint density at radius 3 is 3.07 bits per heavy atom. The predicted octanol–water partition coefficient (Wildman–Crippen LogP) is 0.634. The molecule has 2 unspecified atom stereocenters. The summed E-state index contributed by atoms with van der Waals surface area (Å²) in [5.41, 5.74) is 0. The van der Waals surface area contributed by atoms with Crippen LogP contribution in [0.2, 0.25) is 0 Å². The van der Waals surface area contributed by atoms with E-state index in [1.165, 1.54) is 6.42 Å². The maximum absolute atomic E-state index is 9.61. The quantitative estimate of drug-likeness (QED) is 0.699. The molecule has 15 heavy (non-hydrogen) atoms. The number of aliphatic hydroxyl groups excluding tert-OH is 1. The molecule has 0 aliphatic heterocycles. The molecule has 0 bridgehead atoms. The Morgan fingerprint density at radius 1 is 1.47 bits per heavy atom. The topological polar surface area (TPSA) is 50.1 Å². The SMILES string of the molecule is OC1CCCC1CNCCn1cccn1. The first-order valence-electron chi connectivity index (χ1n) is 5.72. The summed E-state index contributed by atoms with van der Waals surface area (Å²) in [5, 5.41) is 17.1. The van der Waals surface area contributed by atoms with Crippen molar-refractivity contribution in [1.29, 1.82) is 0 Å². The van der Waals surface area contributed by atoms with Crippen molar-refractivity contribution in [2.75, 3.05) is 13.1 Å². The molecule has 84 valence electrons. The van der Waals surface area contributed by atoms with Gasteiger partial charge in [-0.15, -0.1) is 0 Å². The molecule has 2 atom stereocenters. The van der Waals surface area contributed by atoms with Crippen LogP contribution >= 0.6 is 0 Å². The van der Waals surface area contributed by atoms with Gasteiger partial charge in [-0.05, 0) is 24.8 Å². The van der Waals surface area contributed by atoms with Gasteiger partial charge in [0.15, 0.2) is 0 Å². The van der Waals surface area contributed by atoms with Crippen LogP contribution in [0.25, 0.3) is 0 Å². The minimum absolute atomic E-state index is 0.0813. The standard InChI is InChI=1S/C11H19N3O/c15-11-4-1-3-10(11)9-12-6-8-14-7-2-5-13-14/h2,5,7,10-12,15H,1,3-4,6,8-9H2. The van der Waals surface area contributed by atoms with E-state index in [4.69, 9.17) is 0 Å². The highest BCUT2D eigenvalue weighted by Gasteiger charge is 2.24. The Bertz CT molecular complexity index is 273. The third-order valence-corrected chi connectivity index (χ3v) is 3.10. The fourth-order valence-electron chi connectivity index (χ4n) is 2.17. The Morgan fingerprint density at radius 2 is 2.40 bits per heavy atom. The van der Waals surface area contributed by atoms with E-state index in [9.17, 15) is 5.11 Å². The van der Waals surface area contributed by atoms with Crippen molar-refractivity contribution in [3.05, 3.63) is 18.5 Å². The van der Waals surface area contributed by atoms with Gasteiger partial charge < -0.3 is 10.4 Å². The monoisotopic (exact) mass is 209 g/mol. The summed E-state index contributed by atoms with van der Waals surface area (Å²) in [4.78, 5) is 0. The fraction of sp³-hybridized carbons (Fsp3) is 0.727. The van der Waals surface area contributed by atoms with Crippen LogP contribution in [0.15, 0.2) is 18.5 Å². The van der Waals surface area contributed by atoms with E-state index in [0.29, 0.717) is 5.92 Å². The zero-order valence-electron chi connectivity index (χ0n) is 8.97. The highest BCUT2D eigenvalue weighted by Crippen LogP contribution is 2.24. The van der Waals surface area contributed by atoms with Gasteiger partial charge in [0.2, 0.25) is 0 Å². The number of rotatable bonds is 5. The second kappa shape index (κ2) is 5.28. The minimum Gasteiger partial charge on any atom is -0.393 e. The molecule has 0 spiro atoms. The summed E-state index contributed by atoms with van der Waals surface area (Å²) in [7, 11) is 0. The van der Waals surface area contributed by atoms with Crippen LogP contribution in [-0.2, 0) is 6.54 Å². The number of nitrogens with zero attached hydrogens (tertiary/aromatic N) is 2. The van der Waals surface area contributed by atoms with Gasteiger partial charge >= 0.3 is 0 Å². The van der Waals surface area contributed by atoms with Gasteiger partial charge in [0.1, 0.15) is 0 Å². The van der Waals surface area contributed by atoms with Crippen molar-refractivity contribution in [1.82, 2.24) is 15.1 Å². The maximum atomic E-state index is 9.61. The largest absolute Gasteiger partial charge is 0.393 e. The molecular weight excluding hydrogens is 190 g/mol. The summed E-state index contributed by atoms with van der Waals surface area (Å²) in [6, 6.07) is 1.93. The predicted molar refractivity (Wildman–Crippen MR) is 58.4 cm³/mol. The Kier molecular flexibility index (Phi) is 3.75. The Hall–Kier alpha value is -0.870. The molecule has 0 saturated heterocycles. The molecule has 2 N–H and O–H groups in total. The molecular formula is C11H19N3O. The highest BCUT2D eigenvalue weighted by atomic mass is 16.3. The molecule has 1 heterocycles. The zero-order chi connectivity index (χ0) is 10.5. The summed E-state index contributed by atoms with van der Waals surface area (Å²) in [6.07, 6.45) is 6.99. The zero-order valence-corrected chi connectivity index (χ0v) is 8.97. The molecule has 0 aromatic carbocycles. The Balaban J connectivity index is 1.59. The van der Waals surface area contributed by atoms with Crippen LogP contribution in [0.4, 0.5) is 0 Å². The maximum Gasteiger partial charge on any atom is 0.0580 e. The van der Waals surface area contributed by atoms with Crippen LogP contribution in [0, 0.1) is 5.92 Å². The van der Waals surface area contributed by atoms with Gasteiger partial charge in [-0.2, -0.15) is 5.10 Å². The molecule has 1 aliphatic rings. The lowest BCUT2D eigenvalue weighted by Gasteiger charge is -2.14. The molecule has 4 nitrogen and oxygen atoms in total. The first-order chi connectivity index (χ1) is 7.36. The van der Waals surface area contributed by atoms with Crippen molar-refractivity contribution in [2.24, 2.45) is 5.92 Å². The second-order valence-electron chi connectivity index (χ2n) is 4.23. The van der Waals surface area contributed by atoms with Crippen molar-refractivity contribution >= 4 is 0 Å². The molecule has 2 rings (SSSR count). The summed E-state index contributed by atoms with van der Waals surface area (Å²) < 4.78 is 1.91. The van der Waals surface area contributed by atoms with Crippen molar-refractivity contribution < 1.29 is 5.11 Å². The molecule has 0 radical (unpaired) electrons. The van der Waals surface area contributed by atoms with Gasteiger partial charge in [0, 0.05) is 25.5 Å². The molecule has 1 aromatic heterocycles. The van der Waals surface area contributed by atoms with Crippen LogP contribution in [0.1, 0.15) is 19.3 Å². The van der Waals surface area contributed by atoms with Crippen molar-refractivity contribution in [3.8, 4) is 0 Å². The lowest BCUT2D eigenvalue weighted by atomic mass is 10.1. The second-order valence-corrected chi connectivity index (χ2v) is 4.23. The fourth-order valence-corrected chi connectivity index (χ4v) is 2.17. The van der Waals surface area contributed by atoms with Crippen LogP contribution in [0.5, 0.6) is 0 Å². The summed E-state index contributed by atoms with van der Waals surface area (Å²) in [5.74, 6) is 0.461. The number of aromatic nitrogens is 2. The molecule has 1 aliphatic carbocycles. The molecule has 1 aromatic rings. The smallest absolute Gasteiger partial charge is 0.0580 e. The van der Waals surface area contributed by atoms with Crippen LogP contribution in [0.3, 0.4) is 0 Å². The van der Waals surface area contributed by atoms with E-state index >= 15 is 0 Å². The first-order valence-corrected chi connectivity index (χ1v) is 5.72. The number of nitrogens with one attached hydrogen (secondary N) is 1. The van der Waals surface area contributed by atoms with Gasteiger partial charge in [-0.25, -0.2) is 0 Å².